The first-order valence-electron chi connectivity index (χ1n) is 5.94. The summed E-state index contributed by atoms with van der Waals surface area (Å²) in [6, 6.07) is 5.87. The van der Waals surface area contributed by atoms with Gasteiger partial charge in [-0.05, 0) is 37.2 Å². The van der Waals surface area contributed by atoms with Gasteiger partial charge in [-0.1, -0.05) is 17.7 Å². The van der Waals surface area contributed by atoms with Crippen molar-refractivity contribution in [3.05, 3.63) is 40.3 Å². The minimum Gasteiger partial charge on any atom is -0.466 e. The van der Waals surface area contributed by atoms with Crippen LogP contribution < -0.4 is 5.32 Å². The summed E-state index contributed by atoms with van der Waals surface area (Å²) in [5.41, 5.74) is 2.97. The maximum absolute atomic E-state index is 11.7. The van der Waals surface area contributed by atoms with E-state index in [9.17, 15) is 9.59 Å². The Morgan fingerprint density at radius 3 is 2.80 bits per heavy atom. The molecule has 0 aliphatic carbocycles. The molecule has 0 bridgehead atoms. The van der Waals surface area contributed by atoms with Crippen LogP contribution in [-0.2, 0) is 14.3 Å². The smallest absolute Gasteiger partial charge is 0.331 e. The first-order chi connectivity index (χ1) is 9.49. The fourth-order valence-corrected chi connectivity index (χ4v) is 2.48. The summed E-state index contributed by atoms with van der Waals surface area (Å²) in [5.74, 6) is -0.903. The van der Waals surface area contributed by atoms with Crippen molar-refractivity contribution in [3.8, 4) is 0 Å². The number of methoxy groups -OCH3 is 1. The average molecular weight is 290 g/mol. The molecule has 2 rings (SSSR count). The molecular formula is C14H14N2O3S. The maximum Gasteiger partial charge on any atom is 0.331 e. The van der Waals surface area contributed by atoms with Crippen molar-refractivity contribution in [2.24, 2.45) is 4.99 Å². The van der Waals surface area contributed by atoms with Crippen molar-refractivity contribution in [2.75, 3.05) is 7.11 Å². The number of thioether (sulfide) groups is 1. The van der Waals surface area contributed by atoms with E-state index in [1.807, 2.05) is 32.0 Å². The molecule has 1 amide bonds. The third-order valence-corrected chi connectivity index (χ3v) is 3.59. The Kier molecular flexibility index (Phi) is 4.24. The Morgan fingerprint density at radius 2 is 2.15 bits per heavy atom. The van der Waals surface area contributed by atoms with E-state index in [4.69, 9.17) is 0 Å². The normalized spacial score (nSPS) is 18.4. The zero-order valence-corrected chi connectivity index (χ0v) is 12.2. The van der Waals surface area contributed by atoms with Crippen molar-refractivity contribution >= 4 is 34.5 Å². The van der Waals surface area contributed by atoms with Crippen LogP contribution >= 0.6 is 11.8 Å². The van der Waals surface area contributed by atoms with E-state index in [0.29, 0.717) is 5.17 Å². The lowest BCUT2D eigenvalue weighted by Crippen LogP contribution is -2.19. The first-order valence-corrected chi connectivity index (χ1v) is 6.76. The van der Waals surface area contributed by atoms with Gasteiger partial charge in [0.2, 0.25) is 0 Å². The van der Waals surface area contributed by atoms with Crippen LogP contribution in [0.4, 0.5) is 5.69 Å². The van der Waals surface area contributed by atoms with Gasteiger partial charge in [0, 0.05) is 6.08 Å². The van der Waals surface area contributed by atoms with E-state index in [2.05, 4.69) is 15.0 Å². The number of amides is 1. The first kappa shape index (κ1) is 14.3. The Bertz CT molecular complexity index is 635. The second kappa shape index (κ2) is 5.92. The van der Waals surface area contributed by atoms with Crippen LogP contribution in [-0.4, -0.2) is 24.2 Å². The van der Waals surface area contributed by atoms with Crippen LogP contribution in [0.2, 0.25) is 0 Å². The van der Waals surface area contributed by atoms with Gasteiger partial charge in [0.25, 0.3) is 5.91 Å². The lowest BCUT2D eigenvalue weighted by atomic mass is 10.1. The van der Waals surface area contributed by atoms with Gasteiger partial charge in [-0.25, -0.2) is 9.79 Å². The number of aliphatic imine (C=N–C) groups is 1. The lowest BCUT2D eigenvalue weighted by molar-refractivity contribution is -0.135. The van der Waals surface area contributed by atoms with Crippen LogP contribution in [0.25, 0.3) is 0 Å². The minimum atomic E-state index is -0.560. The second-order valence-corrected chi connectivity index (χ2v) is 5.33. The average Bonchev–Trinajstić information content (AvgIpc) is 2.73. The number of nitrogens with zero attached hydrogens (tertiary/aromatic N) is 1. The Hall–Kier alpha value is -2.08. The summed E-state index contributed by atoms with van der Waals surface area (Å²) in [5, 5.41) is 3.08. The lowest BCUT2D eigenvalue weighted by Gasteiger charge is -2.02. The van der Waals surface area contributed by atoms with Gasteiger partial charge in [0.05, 0.1) is 17.7 Å². The van der Waals surface area contributed by atoms with Gasteiger partial charge < -0.3 is 10.1 Å². The van der Waals surface area contributed by atoms with Crippen molar-refractivity contribution in [3.63, 3.8) is 0 Å². The Balaban J connectivity index is 2.23. The summed E-state index contributed by atoms with van der Waals surface area (Å²) in [6.07, 6.45) is 1.16. The molecule has 1 heterocycles. The van der Waals surface area contributed by atoms with Gasteiger partial charge in [-0.15, -0.1) is 0 Å². The molecule has 0 radical (unpaired) electrons. The molecule has 0 unspecified atom stereocenters. The molecule has 5 nitrogen and oxygen atoms in total. The number of esters is 1. The maximum atomic E-state index is 11.7. The zero-order chi connectivity index (χ0) is 14.7. The fourth-order valence-electron chi connectivity index (χ4n) is 1.69. The Labute approximate surface area is 121 Å². The van der Waals surface area contributed by atoms with Crippen LogP contribution in [0.1, 0.15) is 11.1 Å². The van der Waals surface area contributed by atoms with E-state index < -0.39 is 5.97 Å². The van der Waals surface area contributed by atoms with Gasteiger partial charge in [0.1, 0.15) is 0 Å². The number of carbonyl (C=O) groups excluding carboxylic acids is 2. The predicted octanol–water partition coefficient (Wildman–Crippen LogP) is 2.21. The number of carbonyl (C=O) groups is 2. The predicted molar refractivity (Wildman–Crippen MR) is 78.8 cm³/mol. The monoisotopic (exact) mass is 290 g/mol. The molecule has 6 heteroatoms. The quantitative estimate of drug-likeness (QED) is 0.670. The number of amidine groups is 1. The highest BCUT2D eigenvalue weighted by Crippen LogP contribution is 2.27. The molecule has 20 heavy (non-hydrogen) atoms. The summed E-state index contributed by atoms with van der Waals surface area (Å²) < 4.78 is 4.50. The molecule has 0 spiro atoms. The number of aryl methyl sites for hydroxylation is 2. The van der Waals surface area contributed by atoms with Gasteiger partial charge in [0.15, 0.2) is 5.17 Å². The minimum absolute atomic E-state index is 0.278. The van der Waals surface area contributed by atoms with Crippen LogP contribution in [0.5, 0.6) is 0 Å². The largest absolute Gasteiger partial charge is 0.466 e. The molecule has 1 N–H and O–H groups in total. The van der Waals surface area contributed by atoms with Crippen molar-refractivity contribution < 1.29 is 14.3 Å². The van der Waals surface area contributed by atoms with E-state index in [-0.39, 0.29) is 10.8 Å². The van der Waals surface area contributed by atoms with E-state index in [0.717, 1.165) is 34.7 Å². The van der Waals surface area contributed by atoms with Gasteiger partial charge in [-0.3, -0.25) is 4.79 Å². The molecule has 0 saturated carbocycles. The third kappa shape index (κ3) is 3.27. The third-order valence-electron chi connectivity index (χ3n) is 2.68. The molecule has 1 aromatic carbocycles. The van der Waals surface area contributed by atoms with Gasteiger partial charge in [-0.2, -0.15) is 0 Å². The van der Waals surface area contributed by atoms with Crippen molar-refractivity contribution in [2.45, 2.75) is 13.8 Å². The number of hydrogen-bond acceptors (Lipinski definition) is 5. The van der Waals surface area contributed by atoms with E-state index >= 15 is 0 Å². The highest BCUT2D eigenvalue weighted by Gasteiger charge is 2.25. The zero-order valence-electron chi connectivity index (χ0n) is 11.4. The van der Waals surface area contributed by atoms with Crippen LogP contribution in [0.15, 0.2) is 34.2 Å². The number of benzene rings is 1. The van der Waals surface area contributed by atoms with Crippen molar-refractivity contribution in [1.82, 2.24) is 5.32 Å². The standard InChI is InChI=1S/C14H14N2O3S/c1-8-4-5-10(9(2)6-8)15-14-16-13(18)11(20-14)7-12(17)19-3/h4-7H,1-3H3,(H,15,16,18). The molecule has 1 aliphatic rings. The van der Waals surface area contributed by atoms with Gasteiger partial charge >= 0.3 is 5.97 Å². The number of hydrogen-bond donors (Lipinski definition) is 1. The molecule has 1 saturated heterocycles. The van der Waals surface area contributed by atoms with E-state index in [1.165, 1.54) is 7.11 Å². The summed E-state index contributed by atoms with van der Waals surface area (Å²) in [6.45, 7) is 3.96. The van der Waals surface area contributed by atoms with Crippen LogP contribution in [0.3, 0.4) is 0 Å². The highest BCUT2D eigenvalue weighted by atomic mass is 32.2. The Morgan fingerprint density at radius 1 is 1.40 bits per heavy atom. The van der Waals surface area contributed by atoms with E-state index in [1.54, 1.807) is 0 Å². The summed E-state index contributed by atoms with van der Waals surface area (Å²) >= 11 is 1.12. The topological polar surface area (TPSA) is 67.8 Å². The molecular weight excluding hydrogens is 276 g/mol. The molecule has 1 aliphatic heterocycles. The number of nitrogens with one attached hydrogen (secondary N) is 1. The van der Waals surface area contributed by atoms with Crippen molar-refractivity contribution in [1.29, 1.82) is 0 Å². The second-order valence-electron chi connectivity index (χ2n) is 4.29. The van der Waals surface area contributed by atoms with Crippen LogP contribution in [0, 0.1) is 13.8 Å². The SMILES string of the molecule is COC(=O)C=C1SC(=Nc2ccc(C)cc2C)NC1=O. The fraction of sp³-hybridized carbons (Fsp3) is 0.214. The molecule has 1 aromatic rings. The molecule has 1 fully saturated rings. The molecule has 104 valence electrons. The molecule has 0 aromatic heterocycles. The summed E-state index contributed by atoms with van der Waals surface area (Å²) in [4.78, 5) is 27.5. The molecule has 0 atom stereocenters. The number of ether oxygens (including phenoxy) is 1. The highest BCUT2D eigenvalue weighted by molar-refractivity contribution is 8.18. The summed E-state index contributed by atoms with van der Waals surface area (Å²) in [7, 11) is 1.27. The number of rotatable bonds is 2.